The van der Waals surface area contributed by atoms with Crippen LogP contribution in [0.3, 0.4) is 0 Å². The fourth-order valence-corrected chi connectivity index (χ4v) is 8.59. The first-order chi connectivity index (χ1) is 18.6. The summed E-state index contributed by atoms with van der Waals surface area (Å²) in [6.07, 6.45) is -1.15. The lowest BCUT2D eigenvalue weighted by atomic mass is 10.0. The van der Waals surface area contributed by atoms with Gasteiger partial charge in [-0.15, -0.1) is 11.3 Å². The second-order valence-corrected chi connectivity index (χ2v) is 13.3. The summed E-state index contributed by atoms with van der Waals surface area (Å²) in [6.45, 7) is 2.40. The van der Waals surface area contributed by atoms with Crippen molar-refractivity contribution in [2.45, 2.75) is 22.8 Å². The van der Waals surface area contributed by atoms with Crippen molar-refractivity contribution in [1.29, 1.82) is 0 Å². The van der Waals surface area contributed by atoms with Gasteiger partial charge in [0.25, 0.3) is 15.7 Å². The Labute approximate surface area is 237 Å². The lowest BCUT2D eigenvalue weighted by Gasteiger charge is -2.42. The van der Waals surface area contributed by atoms with E-state index in [9.17, 15) is 23.6 Å². The van der Waals surface area contributed by atoms with Gasteiger partial charge in [-0.1, -0.05) is 41.9 Å². The van der Waals surface area contributed by atoms with Crippen molar-refractivity contribution in [3.05, 3.63) is 91.5 Å². The molecule has 0 spiro atoms. The monoisotopic (exact) mass is 607 g/mol. The molecule has 1 aliphatic heterocycles. The van der Waals surface area contributed by atoms with Crippen LogP contribution in [0.2, 0.25) is 4.34 Å². The molecule has 0 saturated carbocycles. The first kappa shape index (κ1) is 27.6. The van der Waals surface area contributed by atoms with Crippen LogP contribution < -0.4 is 10.1 Å². The molecular weight excluding hydrogens is 586 g/mol. The van der Waals surface area contributed by atoms with Gasteiger partial charge in [0, 0.05) is 25.7 Å². The summed E-state index contributed by atoms with van der Waals surface area (Å²) in [5.41, 5.74) is -1.08. The van der Waals surface area contributed by atoms with Gasteiger partial charge in [-0.2, -0.15) is 8.68 Å². The highest BCUT2D eigenvalue weighted by molar-refractivity contribution is 7.91. The number of hydrogen-bond donors (Lipinski definition) is 2. The molecule has 11 nitrogen and oxygen atoms in total. The van der Waals surface area contributed by atoms with E-state index in [4.69, 9.17) is 16.3 Å². The minimum atomic E-state index is -4.16. The molecule has 1 saturated heterocycles. The largest absolute Gasteiger partial charge is 0.457 e. The Morgan fingerprint density at radius 2 is 1.90 bits per heavy atom. The van der Waals surface area contributed by atoms with Crippen LogP contribution in [0.15, 0.2) is 64.9 Å². The molecule has 2 aromatic carbocycles. The molecule has 1 aliphatic rings. The molecule has 2 N–H and O–H groups in total. The average molecular weight is 608 g/mol. The maximum Gasteiger partial charge on any atom is 0.300 e. The zero-order valence-corrected chi connectivity index (χ0v) is 23.6. The molecule has 39 heavy (non-hydrogen) atoms. The number of aromatic nitrogens is 2. The zero-order chi connectivity index (χ0) is 27.8. The van der Waals surface area contributed by atoms with Crippen LogP contribution in [0, 0.1) is 10.1 Å². The first-order valence-electron chi connectivity index (χ1n) is 11.6. The second kappa shape index (κ2) is 10.9. The summed E-state index contributed by atoms with van der Waals surface area (Å²) in [7, 11) is -4.16. The van der Waals surface area contributed by atoms with Gasteiger partial charge in [-0.05, 0) is 48.3 Å². The molecule has 0 amide bonds. The third kappa shape index (κ3) is 5.41. The Morgan fingerprint density at radius 1 is 1.21 bits per heavy atom. The number of sulfonamides is 1. The highest BCUT2D eigenvalue weighted by Gasteiger charge is 2.47. The first-order valence-corrected chi connectivity index (χ1v) is 15.0. The molecule has 5 rings (SSSR count). The van der Waals surface area contributed by atoms with Crippen molar-refractivity contribution < 1.29 is 23.2 Å². The molecule has 0 radical (unpaired) electrons. The molecule has 4 aromatic rings. The standard InChI is InChI=1S/C24H22ClN5O6S3/c1-24(14-26-11-12-29(24)39(34,35)19-13-18(30(32)33)21(25)37-19)23-27-22(28-38-23)20(31)15-7-9-17(10-8-15)36-16-5-3-2-4-6-16/h2-10,13,20,26,31H,11-12,14H2,1H3. The van der Waals surface area contributed by atoms with Crippen LogP contribution >= 0.6 is 34.5 Å². The molecule has 2 unspecified atom stereocenters. The number of nitrogens with zero attached hydrogens (tertiary/aromatic N) is 4. The Hall–Kier alpha value is -2.98. The third-order valence-corrected chi connectivity index (χ3v) is 11.0. The molecule has 2 atom stereocenters. The van der Waals surface area contributed by atoms with E-state index in [0.29, 0.717) is 40.0 Å². The maximum atomic E-state index is 13.6. The molecule has 0 bridgehead atoms. The summed E-state index contributed by atoms with van der Waals surface area (Å²) in [6, 6.07) is 17.1. The minimum absolute atomic E-state index is 0.0997. The van der Waals surface area contributed by atoms with Crippen LogP contribution in [0.5, 0.6) is 11.5 Å². The van der Waals surface area contributed by atoms with E-state index in [-0.39, 0.29) is 27.5 Å². The fraction of sp³-hybridized carbons (Fsp3) is 0.250. The molecule has 204 valence electrons. The predicted molar refractivity (Wildman–Crippen MR) is 147 cm³/mol. The Bertz CT molecular complexity index is 1600. The lowest BCUT2D eigenvalue weighted by Crippen LogP contribution is -2.59. The summed E-state index contributed by atoms with van der Waals surface area (Å²) in [5.74, 6) is 1.41. The molecule has 15 heteroatoms. The average Bonchev–Trinajstić information content (AvgIpc) is 3.58. The Morgan fingerprint density at radius 3 is 2.56 bits per heavy atom. The van der Waals surface area contributed by atoms with Gasteiger partial charge in [0.05, 0.1) is 10.5 Å². The van der Waals surface area contributed by atoms with Crippen LogP contribution in [0.1, 0.15) is 29.4 Å². The summed E-state index contributed by atoms with van der Waals surface area (Å²) in [5, 5.41) is 25.8. The molecule has 2 aromatic heterocycles. The molecule has 0 aliphatic carbocycles. The molecular formula is C24H22ClN5O6S3. The third-order valence-electron chi connectivity index (χ3n) is 6.22. The van der Waals surface area contributed by atoms with Crippen LogP contribution in [0.4, 0.5) is 5.69 Å². The number of thiophene rings is 1. The van der Waals surface area contributed by atoms with Crippen molar-refractivity contribution >= 4 is 50.2 Å². The number of hydrogen-bond acceptors (Lipinski definition) is 11. The maximum absolute atomic E-state index is 13.6. The van der Waals surface area contributed by atoms with Crippen LogP contribution in [-0.2, 0) is 15.6 Å². The highest BCUT2D eigenvalue weighted by atomic mass is 35.5. The summed E-state index contributed by atoms with van der Waals surface area (Å²) in [4.78, 5) is 15.0. The predicted octanol–water partition coefficient (Wildman–Crippen LogP) is 4.54. The van der Waals surface area contributed by atoms with E-state index in [1.807, 2.05) is 30.3 Å². The van der Waals surface area contributed by atoms with Gasteiger partial charge >= 0.3 is 0 Å². The second-order valence-electron chi connectivity index (χ2n) is 8.85. The summed E-state index contributed by atoms with van der Waals surface area (Å²) < 4.78 is 38.2. The van der Waals surface area contributed by atoms with E-state index >= 15 is 0 Å². The lowest BCUT2D eigenvalue weighted by molar-refractivity contribution is -0.384. The van der Waals surface area contributed by atoms with Gasteiger partial charge in [0.2, 0.25) is 0 Å². The van der Waals surface area contributed by atoms with Gasteiger partial charge in [0.15, 0.2) is 10.2 Å². The number of nitrogens with one attached hydrogen (secondary N) is 1. The number of ether oxygens (including phenoxy) is 1. The zero-order valence-electron chi connectivity index (χ0n) is 20.4. The van der Waals surface area contributed by atoms with Crippen molar-refractivity contribution in [1.82, 2.24) is 19.0 Å². The highest BCUT2D eigenvalue weighted by Crippen LogP contribution is 2.42. The quantitative estimate of drug-likeness (QED) is 0.217. The minimum Gasteiger partial charge on any atom is -0.457 e. The van der Waals surface area contributed by atoms with Crippen molar-refractivity contribution in [3.63, 3.8) is 0 Å². The van der Waals surface area contributed by atoms with Crippen LogP contribution in [-0.4, -0.2) is 51.7 Å². The van der Waals surface area contributed by atoms with E-state index in [2.05, 4.69) is 14.7 Å². The van der Waals surface area contributed by atoms with Crippen molar-refractivity contribution in [2.24, 2.45) is 0 Å². The number of aliphatic hydroxyl groups excluding tert-OH is 1. The van der Waals surface area contributed by atoms with Crippen LogP contribution in [0.25, 0.3) is 0 Å². The van der Waals surface area contributed by atoms with E-state index < -0.39 is 32.3 Å². The van der Waals surface area contributed by atoms with Crippen molar-refractivity contribution in [2.75, 3.05) is 19.6 Å². The SMILES string of the molecule is CC1(c2nc(C(O)c3ccc(Oc4ccccc4)cc3)ns2)CNCCN1S(=O)(=O)c1cc([N+](=O)[O-])c(Cl)s1. The van der Waals surface area contributed by atoms with E-state index in [0.717, 1.165) is 17.6 Å². The number of piperazine rings is 1. The number of nitro groups is 1. The molecule has 3 heterocycles. The molecule has 1 fully saturated rings. The van der Waals surface area contributed by atoms with E-state index in [1.165, 1.54) is 4.31 Å². The number of para-hydroxylation sites is 1. The Balaban J connectivity index is 1.39. The number of aliphatic hydroxyl groups is 1. The number of halogens is 1. The van der Waals surface area contributed by atoms with E-state index in [1.54, 1.807) is 31.2 Å². The van der Waals surface area contributed by atoms with Gasteiger partial charge in [0.1, 0.15) is 26.8 Å². The smallest absolute Gasteiger partial charge is 0.300 e. The Kier molecular flexibility index (Phi) is 7.70. The number of benzene rings is 2. The normalized spacial score (nSPS) is 19.1. The van der Waals surface area contributed by atoms with Crippen molar-refractivity contribution in [3.8, 4) is 11.5 Å². The number of rotatable bonds is 8. The fourth-order valence-electron chi connectivity index (χ4n) is 4.17. The van der Waals surface area contributed by atoms with Gasteiger partial charge in [-0.3, -0.25) is 10.1 Å². The van der Waals surface area contributed by atoms with Gasteiger partial charge < -0.3 is 15.2 Å². The van der Waals surface area contributed by atoms with Gasteiger partial charge in [-0.25, -0.2) is 13.4 Å². The summed E-state index contributed by atoms with van der Waals surface area (Å²) >= 11 is 7.57. The topological polar surface area (TPSA) is 148 Å².